The number of halogens is 2. The van der Waals surface area contributed by atoms with Crippen LogP contribution in [0, 0.1) is 0 Å². The van der Waals surface area contributed by atoms with Crippen molar-refractivity contribution in [2.75, 3.05) is 13.2 Å². The summed E-state index contributed by atoms with van der Waals surface area (Å²) in [6.07, 6.45) is 1.25. The van der Waals surface area contributed by atoms with Gasteiger partial charge in [0.25, 0.3) is 5.56 Å². The molecule has 3 aromatic carbocycles. The lowest BCUT2D eigenvalue weighted by atomic mass is 10.2. The molecule has 0 aliphatic heterocycles. The van der Waals surface area contributed by atoms with E-state index in [0.717, 1.165) is 5.39 Å². The summed E-state index contributed by atoms with van der Waals surface area (Å²) < 4.78 is 24.4. The smallest absolute Gasteiger partial charge is 0.344 e. The summed E-state index contributed by atoms with van der Waals surface area (Å²) in [7, 11) is 0. The van der Waals surface area contributed by atoms with E-state index in [9.17, 15) is 9.59 Å². The van der Waals surface area contributed by atoms with E-state index < -0.39 is 5.97 Å². The molecule has 0 unspecified atom stereocenters. The van der Waals surface area contributed by atoms with Crippen LogP contribution in [0.15, 0.2) is 79.4 Å². The van der Waals surface area contributed by atoms with E-state index in [4.69, 9.17) is 35.2 Å². The number of esters is 1. The zero-order valence-corrected chi connectivity index (χ0v) is 24.7. The Bertz CT molecular complexity index is 1850. The molecule has 0 N–H and O–H groups in total. The fourth-order valence-corrected chi connectivity index (χ4v) is 4.89. The number of carbonyl (C=O) groups excluding carboxylic acids is 1. The van der Waals surface area contributed by atoms with Gasteiger partial charge in [0, 0.05) is 10.4 Å². The van der Waals surface area contributed by atoms with Gasteiger partial charge >= 0.3 is 5.97 Å². The zero-order chi connectivity index (χ0) is 29.1. The number of fused-ring (bicyclic) bond motifs is 2. The first kappa shape index (κ1) is 28.4. The van der Waals surface area contributed by atoms with E-state index in [1.807, 2.05) is 13.0 Å². The number of benzene rings is 3. The molecule has 0 spiro atoms. The quantitative estimate of drug-likeness (QED) is 0.129. The number of ether oxygens (including phenoxy) is 3. The molecule has 0 aliphatic rings. The summed E-state index contributed by atoms with van der Waals surface area (Å²) >= 11 is 9.65. The zero-order valence-electron chi connectivity index (χ0n) is 22.4. The average molecular weight is 639 g/mol. The predicted molar refractivity (Wildman–Crippen MR) is 161 cm³/mol. The van der Waals surface area contributed by atoms with E-state index in [0.29, 0.717) is 55.4 Å². The Morgan fingerprint density at radius 2 is 1.95 bits per heavy atom. The van der Waals surface area contributed by atoms with Crippen LogP contribution in [0.3, 0.4) is 0 Å². The molecular weight excluding hydrogens is 614 g/mol. The predicted octanol–water partition coefficient (Wildman–Crippen LogP) is 6.84. The van der Waals surface area contributed by atoms with E-state index in [1.165, 1.54) is 10.9 Å². The first-order valence-electron chi connectivity index (χ1n) is 12.8. The molecule has 0 bridgehead atoms. The van der Waals surface area contributed by atoms with Gasteiger partial charge < -0.3 is 18.6 Å². The second-order valence-electron chi connectivity index (χ2n) is 9.20. The van der Waals surface area contributed by atoms with Gasteiger partial charge in [0.15, 0.2) is 23.9 Å². The Labute approximate surface area is 248 Å². The molecule has 0 fully saturated rings. The Morgan fingerprint density at radius 1 is 1.15 bits per heavy atom. The van der Waals surface area contributed by atoms with Crippen LogP contribution in [0.5, 0.6) is 11.5 Å². The molecule has 5 aromatic rings. The largest absolute Gasteiger partial charge is 0.490 e. The summed E-state index contributed by atoms with van der Waals surface area (Å²) in [5.41, 5.74) is 1.34. The molecule has 2 heterocycles. The van der Waals surface area contributed by atoms with Gasteiger partial charge in [-0.05, 0) is 90.8 Å². The molecule has 2 aromatic heterocycles. The maximum atomic E-state index is 13.6. The highest BCUT2D eigenvalue weighted by Gasteiger charge is 2.18. The maximum Gasteiger partial charge on any atom is 0.344 e. The maximum absolute atomic E-state index is 13.6. The Morgan fingerprint density at radius 3 is 2.73 bits per heavy atom. The Kier molecular flexibility index (Phi) is 8.41. The molecule has 0 radical (unpaired) electrons. The fraction of sp³-hybridized carbons (Fsp3) is 0.200. The lowest BCUT2D eigenvalue weighted by Gasteiger charge is -2.15. The summed E-state index contributed by atoms with van der Waals surface area (Å²) in [5, 5.41) is 6.24. The molecule has 0 saturated heterocycles. The molecule has 9 nitrogen and oxygen atoms in total. The van der Waals surface area contributed by atoms with E-state index in [-0.39, 0.29) is 24.1 Å². The minimum absolute atomic E-state index is 0.227. The van der Waals surface area contributed by atoms with Crippen molar-refractivity contribution in [3.05, 3.63) is 86.1 Å². The number of para-hydroxylation sites is 1. The molecule has 5 rings (SSSR count). The van der Waals surface area contributed by atoms with E-state index in [1.54, 1.807) is 68.4 Å². The van der Waals surface area contributed by atoms with Crippen LogP contribution in [0.25, 0.3) is 33.5 Å². The molecule has 11 heteroatoms. The van der Waals surface area contributed by atoms with E-state index >= 15 is 0 Å². The van der Waals surface area contributed by atoms with Crippen molar-refractivity contribution in [1.82, 2.24) is 9.66 Å². The van der Waals surface area contributed by atoms with Crippen molar-refractivity contribution >= 4 is 61.6 Å². The number of carbonyl (C=O) groups is 1. The van der Waals surface area contributed by atoms with Gasteiger partial charge in [-0.3, -0.25) is 4.79 Å². The molecule has 41 heavy (non-hydrogen) atoms. The fourth-order valence-electron chi connectivity index (χ4n) is 4.13. The van der Waals surface area contributed by atoms with Crippen molar-refractivity contribution in [3.63, 3.8) is 0 Å². The highest BCUT2D eigenvalue weighted by atomic mass is 79.9. The van der Waals surface area contributed by atoms with Crippen LogP contribution in [-0.4, -0.2) is 41.2 Å². The molecule has 0 atom stereocenters. The van der Waals surface area contributed by atoms with Crippen LogP contribution < -0.4 is 15.0 Å². The van der Waals surface area contributed by atoms with Gasteiger partial charge in [-0.25, -0.2) is 9.78 Å². The van der Waals surface area contributed by atoms with Crippen molar-refractivity contribution in [3.8, 4) is 23.1 Å². The second-order valence-corrected chi connectivity index (χ2v) is 10.5. The Balaban J connectivity index is 1.56. The van der Waals surface area contributed by atoms with Crippen LogP contribution in [0.2, 0.25) is 5.02 Å². The van der Waals surface area contributed by atoms with Gasteiger partial charge in [-0.15, -0.1) is 0 Å². The lowest BCUT2D eigenvalue weighted by Crippen LogP contribution is -2.20. The third-order valence-electron chi connectivity index (χ3n) is 5.81. The second kappa shape index (κ2) is 12.2. The number of hydrogen-bond acceptors (Lipinski definition) is 8. The third kappa shape index (κ3) is 6.28. The third-order valence-corrected chi connectivity index (χ3v) is 6.63. The first-order chi connectivity index (χ1) is 19.7. The number of hydrogen-bond donors (Lipinski definition) is 0. The topological polar surface area (TPSA) is 105 Å². The number of furan rings is 1. The van der Waals surface area contributed by atoms with Gasteiger partial charge in [0.05, 0.1) is 34.3 Å². The number of nitrogens with zero attached hydrogens (tertiary/aromatic N) is 3. The van der Waals surface area contributed by atoms with Crippen LogP contribution in [0.4, 0.5) is 0 Å². The standard InChI is InChI=1S/C30H25BrClN3O6/c1-4-38-25-12-18(11-22(31)28(25)39-16-27(36)40-17(2)3)15-33-35-29(34-23-8-6-5-7-21(23)30(35)37)26-14-19-13-20(32)9-10-24(19)41-26/h5-15,17H,4,16H2,1-3H3. The highest BCUT2D eigenvalue weighted by molar-refractivity contribution is 9.10. The average Bonchev–Trinajstić information content (AvgIpc) is 3.35. The number of aromatic nitrogens is 2. The molecule has 0 saturated carbocycles. The van der Waals surface area contributed by atoms with Crippen molar-refractivity contribution in [2.24, 2.45) is 5.10 Å². The van der Waals surface area contributed by atoms with Crippen LogP contribution >= 0.6 is 27.5 Å². The molecule has 0 aliphatic carbocycles. The summed E-state index contributed by atoms with van der Waals surface area (Å²) in [4.78, 5) is 30.3. The van der Waals surface area contributed by atoms with Gasteiger partial charge in [-0.2, -0.15) is 9.78 Å². The normalized spacial score (nSPS) is 11.6. The minimum Gasteiger partial charge on any atom is -0.490 e. The molecule has 0 amide bonds. The highest BCUT2D eigenvalue weighted by Crippen LogP contribution is 2.37. The Hall–Kier alpha value is -4.15. The minimum atomic E-state index is -0.497. The molecule has 210 valence electrons. The van der Waals surface area contributed by atoms with Gasteiger partial charge in [0.1, 0.15) is 5.58 Å². The monoisotopic (exact) mass is 637 g/mol. The van der Waals surface area contributed by atoms with E-state index in [2.05, 4.69) is 21.0 Å². The SMILES string of the molecule is CCOc1cc(C=Nn2c(-c3cc4cc(Cl)ccc4o3)nc3ccccc3c2=O)cc(Br)c1OCC(=O)OC(C)C. The molecular formula is C30H25BrClN3O6. The van der Waals surface area contributed by atoms with Gasteiger partial charge in [0.2, 0.25) is 5.82 Å². The van der Waals surface area contributed by atoms with Gasteiger partial charge in [-0.1, -0.05) is 23.7 Å². The first-order valence-corrected chi connectivity index (χ1v) is 13.9. The van der Waals surface area contributed by atoms with Crippen molar-refractivity contribution < 1.29 is 23.4 Å². The lowest BCUT2D eigenvalue weighted by molar-refractivity contribution is -0.149. The van der Waals surface area contributed by atoms with Crippen LogP contribution in [-0.2, 0) is 9.53 Å². The number of rotatable bonds is 9. The van der Waals surface area contributed by atoms with Crippen molar-refractivity contribution in [2.45, 2.75) is 26.9 Å². The van der Waals surface area contributed by atoms with Crippen molar-refractivity contribution in [1.29, 1.82) is 0 Å². The van der Waals surface area contributed by atoms with Crippen LogP contribution in [0.1, 0.15) is 26.3 Å². The summed E-state index contributed by atoms with van der Waals surface area (Å²) in [6, 6.07) is 17.5. The summed E-state index contributed by atoms with van der Waals surface area (Å²) in [6.45, 7) is 5.43. The summed E-state index contributed by atoms with van der Waals surface area (Å²) in [5.74, 6) is 0.818.